The van der Waals surface area contributed by atoms with E-state index in [9.17, 15) is 8.42 Å². The van der Waals surface area contributed by atoms with Crippen LogP contribution in [0.3, 0.4) is 0 Å². The van der Waals surface area contributed by atoms with Crippen LogP contribution in [0, 0.1) is 20.8 Å². The van der Waals surface area contributed by atoms with Gasteiger partial charge in [0.1, 0.15) is 4.90 Å². The van der Waals surface area contributed by atoms with Gasteiger partial charge in [-0.25, -0.2) is 13.1 Å². The number of hydrogen-bond donors (Lipinski definition) is 1. The maximum Gasteiger partial charge on any atom is 0.244 e. The van der Waals surface area contributed by atoms with E-state index in [0.717, 1.165) is 17.0 Å². The Balaban J connectivity index is 2.24. The summed E-state index contributed by atoms with van der Waals surface area (Å²) in [5, 5.41) is 8.36. The predicted octanol–water partition coefficient (Wildman–Crippen LogP) is 1.04. The minimum Gasteiger partial charge on any atom is -0.272 e. The molecule has 0 saturated heterocycles. The lowest BCUT2D eigenvalue weighted by molar-refractivity contribution is 0.578. The van der Waals surface area contributed by atoms with Crippen LogP contribution in [-0.4, -0.2) is 28.0 Å². The molecular weight excluding hydrogens is 290 g/mol. The van der Waals surface area contributed by atoms with Crippen LogP contribution < -0.4 is 4.72 Å². The van der Waals surface area contributed by atoms with E-state index in [1.807, 2.05) is 27.8 Å². The number of aromatic nitrogens is 4. The van der Waals surface area contributed by atoms with Gasteiger partial charge in [0.2, 0.25) is 10.0 Å². The molecule has 0 unspecified atom stereocenters. The minimum absolute atomic E-state index is 0.226. The molecule has 2 rings (SSSR count). The largest absolute Gasteiger partial charge is 0.272 e. The molecule has 2 heterocycles. The first-order valence-electron chi connectivity index (χ1n) is 6.79. The van der Waals surface area contributed by atoms with Crippen molar-refractivity contribution in [2.24, 2.45) is 7.05 Å². The molecule has 0 spiro atoms. The van der Waals surface area contributed by atoms with Gasteiger partial charge in [0.15, 0.2) is 0 Å². The number of sulfonamides is 1. The van der Waals surface area contributed by atoms with Gasteiger partial charge < -0.3 is 0 Å². The van der Waals surface area contributed by atoms with Crippen LogP contribution in [0.15, 0.2) is 11.1 Å². The Bertz CT molecular complexity index is 758. The maximum absolute atomic E-state index is 12.4. The Hall–Kier alpha value is -1.67. The van der Waals surface area contributed by atoms with Gasteiger partial charge in [-0.1, -0.05) is 0 Å². The molecule has 0 aliphatic rings. The lowest BCUT2D eigenvalue weighted by atomic mass is 10.2. The SMILES string of the molecule is CCn1ncc(S(=O)(=O)NCc2c(C)nn(C)c2C)c1C. The van der Waals surface area contributed by atoms with Crippen molar-refractivity contribution in [3.8, 4) is 0 Å². The van der Waals surface area contributed by atoms with Gasteiger partial charge in [0, 0.05) is 31.4 Å². The number of aryl methyl sites for hydroxylation is 3. The monoisotopic (exact) mass is 311 g/mol. The van der Waals surface area contributed by atoms with Gasteiger partial charge in [-0.3, -0.25) is 9.36 Å². The van der Waals surface area contributed by atoms with Gasteiger partial charge in [0.05, 0.1) is 17.6 Å². The van der Waals surface area contributed by atoms with Crippen molar-refractivity contribution in [2.75, 3.05) is 0 Å². The molecule has 0 aromatic carbocycles. The molecule has 0 aliphatic heterocycles. The highest BCUT2D eigenvalue weighted by molar-refractivity contribution is 7.89. The lowest BCUT2D eigenvalue weighted by Crippen LogP contribution is -2.24. The summed E-state index contributed by atoms with van der Waals surface area (Å²) in [6.45, 7) is 8.34. The van der Waals surface area contributed by atoms with Gasteiger partial charge in [0.25, 0.3) is 0 Å². The highest BCUT2D eigenvalue weighted by Gasteiger charge is 2.21. The van der Waals surface area contributed by atoms with E-state index < -0.39 is 10.0 Å². The predicted molar refractivity (Wildman–Crippen MR) is 79.3 cm³/mol. The highest BCUT2D eigenvalue weighted by Crippen LogP contribution is 2.16. The fourth-order valence-electron chi connectivity index (χ4n) is 2.33. The first kappa shape index (κ1) is 15.7. The standard InChI is InChI=1S/C13H21N5O2S/c1-6-18-11(4)13(8-14-18)21(19,20)15-7-12-9(2)16-17(5)10(12)3/h8,15H,6-7H2,1-5H3. The average molecular weight is 311 g/mol. The zero-order valence-electron chi connectivity index (χ0n) is 13.0. The normalized spacial score (nSPS) is 12.0. The molecule has 7 nitrogen and oxygen atoms in total. The van der Waals surface area contributed by atoms with Gasteiger partial charge in [-0.15, -0.1) is 0 Å². The maximum atomic E-state index is 12.4. The van der Waals surface area contributed by atoms with Crippen molar-refractivity contribution >= 4 is 10.0 Å². The summed E-state index contributed by atoms with van der Waals surface area (Å²) in [5.41, 5.74) is 3.33. The second kappa shape index (κ2) is 5.61. The summed E-state index contributed by atoms with van der Waals surface area (Å²) in [6, 6.07) is 0. The fourth-order valence-corrected chi connectivity index (χ4v) is 3.50. The first-order valence-corrected chi connectivity index (χ1v) is 8.27. The van der Waals surface area contributed by atoms with E-state index in [1.54, 1.807) is 16.3 Å². The molecule has 0 amide bonds. The Kier molecular flexibility index (Phi) is 4.20. The van der Waals surface area contributed by atoms with E-state index in [0.29, 0.717) is 12.2 Å². The summed E-state index contributed by atoms with van der Waals surface area (Å²) >= 11 is 0. The van der Waals surface area contributed by atoms with Crippen LogP contribution in [-0.2, 0) is 30.2 Å². The van der Waals surface area contributed by atoms with E-state index in [4.69, 9.17) is 0 Å². The molecule has 1 N–H and O–H groups in total. The van der Waals surface area contributed by atoms with Crippen LogP contribution in [0.4, 0.5) is 0 Å². The van der Waals surface area contributed by atoms with Crippen molar-refractivity contribution in [3.63, 3.8) is 0 Å². The molecule has 0 saturated carbocycles. The molecule has 8 heteroatoms. The minimum atomic E-state index is -3.57. The molecule has 0 atom stereocenters. The quantitative estimate of drug-likeness (QED) is 0.894. The summed E-state index contributed by atoms with van der Waals surface area (Å²) in [4.78, 5) is 0.226. The number of hydrogen-bond acceptors (Lipinski definition) is 4. The Labute approximate surface area is 125 Å². The van der Waals surface area contributed by atoms with Crippen LogP contribution in [0.25, 0.3) is 0 Å². The third-order valence-corrected chi connectivity index (χ3v) is 5.25. The van der Waals surface area contributed by atoms with E-state index >= 15 is 0 Å². The van der Waals surface area contributed by atoms with E-state index in [2.05, 4.69) is 14.9 Å². The zero-order valence-corrected chi connectivity index (χ0v) is 13.8. The Morgan fingerprint density at radius 2 is 1.90 bits per heavy atom. The first-order chi connectivity index (χ1) is 9.77. The molecular formula is C13H21N5O2S. The van der Waals surface area contributed by atoms with Gasteiger partial charge in [-0.2, -0.15) is 10.2 Å². The Morgan fingerprint density at radius 1 is 1.24 bits per heavy atom. The lowest BCUT2D eigenvalue weighted by Gasteiger charge is -2.07. The summed E-state index contributed by atoms with van der Waals surface area (Å²) < 4.78 is 30.8. The molecule has 21 heavy (non-hydrogen) atoms. The molecule has 0 fully saturated rings. The second-order valence-corrected chi connectivity index (χ2v) is 6.74. The van der Waals surface area contributed by atoms with Gasteiger partial charge >= 0.3 is 0 Å². The third-order valence-electron chi connectivity index (χ3n) is 3.75. The van der Waals surface area contributed by atoms with Crippen molar-refractivity contribution in [1.29, 1.82) is 0 Å². The van der Waals surface area contributed by atoms with E-state index in [1.165, 1.54) is 6.20 Å². The second-order valence-electron chi connectivity index (χ2n) is 5.01. The van der Waals surface area contributed by atoms with Crippen molar-refractivity contribution in [3.05, 3.63) is 28.8 Å². The van der Waals surface area contributed by atoms with E-state index in [-0.39, 0.29) is 11.4 Å². The zero-order chi connectivity index (χ0) is 15.8. The van der Waals surface area contributed by atoms with Crippen LogP contribution in [0.1, 0.15) is 29.6 Å². The topological polar surface area (TPSA) is 81.8 Å². The van der Waals surface area contributed by atoms with Gasteiger partial charge in [-0.05, 0) is 27.7 Å². The highest BCUT2D eigenvalue weighted by atomic mass is 32.2. The summed E-state index contributed by atoms with van der Waals surface area (Å²) in [6.07, 6.45) is 1.39. The van der Waals surface area contributed by atoms with Crippen molar-refractivity contribution < 1.29 is 8.42 Å². The third kappa shape index (κ3) is 2.86. The number of nitrogens with zero attached hydrogens (tertiary/aromatic N) is 4. The fraction of sp³-hybridized carbons (Fsp3) is 0.538. The molecule has 2 aromatic heterocycles. The molecule has 0 bridgehead atoms. The molecule has 0 aliphatic carbocycles. The van der Waals surface area contributed by atoms with Crippen molar-refractivity contribution in [1.82, 2.24) is 24.3 Å². The number of nitrogens with one attached hydrogen (secondary N) is 1. The van der Waals surface area contributed by atoms with Crippen molar-refractivity contribution in [2.45, 2.75) is 45.7 Å². The summed E-state index contributed by atoms with van der Waals surface area (Å²) in [7, 11) is -1.73. The molecule has 0 radical (unpaired) electrons. The molecule has 2 aromatic rings. The summed E-state index contributed by atoms with van der Waals surface area (Å²) in [5.74, 6) is 0. The van der Waals surface area contributed by atoms with Crippen LogP contribution >= 0.6 is 0 Å². The van der Waals surface area contributed by atoms with Crippen LogP contribution in [0.2, 0.25) is 0 Å². The number of rotatable bonds is 5. The van der Waals surface area contributed by atoms with Crippen LogP contribution in [0.5, 0.6) is 0 Å². The average Bonchev–Trinajstić information content (AvgIpc) is 2.90. The molecule has 116 valence electrons. The smallest absolute Gasteiger partial charge is 0.244 e. The Morgan fingerprint density at radius 3 is 2.38 bits per heavy atom.